The molecule has 1 aliphatic carbocycles. The van der Waals surface area contributed by atoms with Crippen LogP contribution in [0.15, 0.2) is 48.5 Å². The largest absolute Gasteiger partial charge is 0.349 e. The highest BCUT2D eigenvalue weighted by molar-refractivity contribution is 5.97. The minimum atomic E-state index is 0.0936. The Hall–Kier alpha value is -2.66. The standard InChI is InChI=1S/C32H43N3O2/c1-23-9-6-10-24(2)30(23)32(37)34-19-16-28(17-20-34)35-18-8-11-25(22-35)21-29(26-12-4-3-5-13-26)33-31(36)27-14-7-15-27/h3-6,9-10,12-13,25,27-29H,7-8,11,14-22H2,1-2H3,(H,33,36). The minimum absolute atomic E-state index is 0.0936. The number of nitrogens with zero attached hydrogens (tertiary/aromatic N) is 2. The monoisotopic (exact) mass is 501 g/mol. The molecule has 3 aliphatic rings. The molecule has 0 bridgehead atoms. The Morgan fingerprint density at radius 1 is 0.865 bits per heavy atom. The van der Waals surface area contributed by atoms with Crippen LogP contribution in [0, 0.1) is 25.7 Å². The van der Waals surface area contributed by atoms with Crippen LogP contribution >= 0.6 is 0 Å². The second-order valence-electron chi connectivity index (χ2n) is 11.6. The number of rotatable bonds is 7. The lowest BCUT2D eigenvalue weighted by Crippen LogP contribution is -2.50. The summed E-state index contributed by atoms with van der Waals surface area (Å²) in [6.45, 7) is 8.00. The third kappa shape index (κ3) is 6.09. The molecule has 198 valence electrons. The van der Waals surface area contributed by atoms with Crippen LogP contribution in [0.3, 0.4) is 0 Å². The number of piperidine rings is 2. The third-order valence-electron chi connectivity index (χ3n) is 9.08. The van der Waals surface area contributed by atoms with Gasteiger partial charge in [0, 0.05) is 37.2 Å². The van der Waals surface area contributed by atoms with Crippen LogP contribution in [0.1, 0.15) is 84.5 Å². The van der Waals surface area contributed by atoms with Crippen molar-refractivity contribution in [2.75, 3.05) is 26.2 Å². The Bertz CT molecular complexity index is 1050. The molecule has 2 atom stereocenters. The van der Waals surface area contributed by atoms with E-state index in [1.54, 1.807) is 0 Å². The molecule has 3 fully saturated rings. The maximum absolute atomic E-state index is 13.3. The fourth-order valence-corrected chi connectivity index (χ4v) is 6.62. The van der Waals surface area contributed by atoms with Crippen molar-refractivity contribution in [1.29, 1.82) is 0 Å². The van der Waals surface area contributed by atoms with Crippen LogP contribution in [-0.2, 0) is 4.79 Å². The summed E-state index contributed by atoms with van der Waals surface area (Å²) in [6.07, 6.45) is 8.79. The zero-order valence-electron chi connectivity index (χ0n) is 22.6. The Kier molecular flexibility index (Phi) is 8.29. The number of amides is 2. The summed E-state index contributed by atoms with van der Waals surface area (Å²) in [5.41, 5.74) is 4.26. The number of likely N-dealkylation sites (tertiary alicyclic amines) is 2. The molecular formula is C32H43N3O2. The van der Waals surface area contributed by atoms with Gasteiger partial charge in [-0.25, -0.2) is 0 Å². The molecule has 1 N–H and O–H groups in total. The van der Waals surface area contributed by atoms with Crippen molar-refractivity contribution >= 4 is 11.8 Å². The van der Waals surface area contributed by atoms with Crippen molar-refractivity contribution in [2.24, 2.45) is 11.8 Å². The van der Waals surface area contributed by atoms with Gasteiger partial charge in [0.1, 0.15) is 0 Å². The summed E-state index contributed by atoms with van der Waals surface area (Å²) < 4.78 is 0. The number of carbonyl (C=O) groups is 2. The molecule has 37 heavy (non-hydrogen) atoms. The van der Waals surface area contributed by atoms with Crippen LogP contribution in [0.5, 0.6) is 0 Å². The van der Waals surface area contributed by atoms with E-state index in [2.05, 4.69) is 39.4 Å². The average Bonchev–Trinajstić information content (AvgIpc) is 2.88. The van der Waals surface area contributed by atoms with Crippen molar-refractivity contribution in [3.05, 3.63) is 70.8 Å². The fourth-order valence-electron chi connectivity index (χ4n) is 6.62. The van der Waals surface area contributed by atoms with Gasteiger partial charge in [-0.15, -0.1) is 0 Å². The summed E-state index contributed by atoms with van der Waals surface area (Å²) >= 11 is 0. The van der Waals surface area contributed by atoms with E-state index in [0.29, 0.717) is 12.0 Å². The first-order valence-corrected chi connectivity index (χ1v) is 14.4. The molecule has 5 heteroatoms. The maximum atomic E-state index is 13.3. The van der Waals surface area contributed by atoms with Crippen molar-refractivity contribution in [1.82, 2.24) is 15.1 Å². The highest BCUT2D eigenvalue weighted by atomic mass is 16.2. The van der Waals surface area contributed by atoms with Gasteiger partial charge in [-0.05, 0) is 87.9 Å². The first-order valence-electron chi connectivity index (χ1n) is 14.4. The average molecular weight is 502 g/mol. The van der Waals surface area contributed by atoms with E-state index in [4.69, 9.17) is 0 Å². The van der Waals surface area contributed by atoms with Crippen molar-refractivity contribution in [3.63, 3.8) is 0 Å². The minimum Gasteiger partial charge on any atom is -0.349 e. The number of hydrogen-bond acceptors (Lipinski definition) is 3. The Morgan fingerprint density at radius 3 is 2.22 bits per heavy atom. The van der Waals surface area contributed by atoms with Crippen LogP contribution in [-0.4, -0.2) is 53.8 Å². The van der Waals surface area contributed by atoms with Gasteiger partial charge >= 0.3 is 0 Å². The van der Waals surface area contributed by atoms with E-state index in [1.807, 2.05) is 38.1 Å². The van der Waals surface area contributed by atoms with Crippen molar-refractivity contribution in [3.8, 4) is 0 Å². The zero-order chi connectivity index (χ0) is 25.8. The van der Waals surface area contributed by atoms with Gasteiger partial charge in [-0.3, -0.25) is 14.5 Å². The molecule has 2 amide bonds. The molecule has 2 aliphatic heterocycles. The van der Waals surface area contributed by atoms with Crippen LogP contribution in [0.25, 0.3) is 0 Å². The molecule has 2 saturated heterocycles. The molecule has 5 nitrogen and oxygen atoms in total. The molecule has 0 aromatic heterocycles. The molecule has 2 aromatic rings. The maximum Gasteiger partial charge on any atom is 0.254 e. The van der Waals surface area contributed by atoms with Crippen LogP contribution < -0.4 is 5.32 Å². The molecule has 0 spiro atoms. The second kappa shape index (κ2) is 11.8. The van der Waals surface area contributed by atoms with Crippen LogP contribution in [0.4, 0.5) is 0 Å². The van der Waals surface area contributed by atoms with E-state index in [9.17, 15) is 9.59 Å². The van der Waals surface area contributed by atoms with Crippen molar-refractivity contribution < 1.29 is 9.59 Å². The van der Waals surface area contributed by atoms with Gasteiger partial charge in [0.15, 0.2) is 0 Å². The third-order valence-corrected chi connectivity index (χ3v) is 9.08. The number of aryl methyl sites for hydroxylation is 2. The predicted octanol–water partition coefficient (Wildman–Crippen LogP) is 5.67. The highest BCUT2D eigenvalue weighted by Crippen LogP contribution is 2.32. The van der Waals surface area contributed by atoms with Gasteiger partial charge < -0.3 is 10.2 Å². The van der Waals surface area contributed by atoms with E-state index in [-0.39, 0.29) is 23.8 Å². The molecular weight excluding hydrogens is 458 g/mol. The van der Waals surface area contributed by atoms with Crippen molar-refractivity contribution in [2.45, 2.75) is 77.3 Å². The lowest BCUT2D eigenvalue weighted by molar-refractivity contribution is -0.128. The van der Waals surface area contributed by atoms with Gasteiger partial charge in [0.25, 0.3) is 5.91 Å². The van der Waals surface area contributed by atoms with Gasteiger partial charge in [-0.2, -0.15) is 0 Å². The lowest BCUT2D eigenvalue weighted by Gasteiger charge is -2.43. The number of nitrogens with one attached hydrogen (secondary N) is 1. The Balaban J connectivity index is 1.18. The van der Waals surface area contributed by atoms with Gasteiger partial charge in [-0.1, -0.05) is 55.0 Å². The topological polar surface area (TPSA) is 52.7 Å². The fraction of sp³-hybridized carbons (Fsp3) is 0.562. The molecule has 0 radical (unpaired) electrons. The van der Waals surface area contributed by atoms with Crippen LogP contribution in [0.2, 0.25) is 0 Å². The summed E-state index contributed by atoms with van der Waals surface area (Å²) in [4.78, 5) is 30.9. The molecule has 2 aromatic carbocycles. The predicted molar refractivity (Wildman–Crippen MR) is 148 cm³/mol. The Morgan fingerprint density at radius 2 is 1.57 bits per heavy atom. The molecule has 2 unspecified atom stereocenters. The summed E-state index contributed by atoms with van der Waals surface area (Å²) in [6, 6.07) is 17.3. The summed E-state index contributed by atoms with van der Waals surface area (Å²) in [5, 5.41) is 3.42. The number of carbonyl (C=O) groups excluding carboxylic acids is 2. The van der Waals surface area contributed by atoms with E-state index in [1.165, 1.54) is 24.8 Å². The smallest absolute Gasteiger partial charge is 0.254 e. The molecule has 5 rings (SSSR count). The van der Waals surface area contributed by atoms with E-state index < -0.39 is 0 Å². The second-order valence-corrected chi connectivity index (χ2v) is 11.6. The van der Waals surface area contributed by atoms with Gasteiger partial charge in [0.2, 0.25) is 5.91 Å². The summed E-state index contributed by atoms with van der Waals surface area (Å²) in [5.74, 6) is 1.23. The quantitative estimate of drug-likeness (QED) is 0.532. The zero-order valence-corrected chi connectivity index (χ0v) is 22.6. The highest BCUT2D eigenvalue weighted by Gasteiger charge is 2.33. The molecule has 2 heterocycles. The van der Waals surface area contributed by atoms with E-state index in [0.717, 1.165) is 75.0 Å². The molecule has 1 saturated carbocycles. The SMILES string of the molecule is Cc1cccc(C)c1C(=O)N1CCC(N2CCCC(CC(NC(=O)C3CCC3)c3ccccc3)C2)CC1. The number of hydrogen-bond donors (Lipinski definition) is 1. The van der Waals surface area contributed by atoms with E-state index >= 15 is 0 Å². The van der Waals surface area contributed by atoms with Gasteiger partial charge in [0.05, 0.1) is 6.04 Å². The Labute approximate surface area is 222 Å². The summed E-state index contributed by atoms with van der Waals surface area (Å²) in [7, 11) is 0. The first kappa shape index (κ1) is 26.0. The first-order chi connectivity index (χ1) is 18.0. The lowest BCUT2D eigenvalue weighted by atomic mass is 9.83. The number of benzene rings is 2. The normalized spacial score (nSPS) is 22.3.